The van der Waals surface area contributed by atoms with Gasteiger partial charge in [-0.2, -0.15) is 0 Å². The molecule has 0 bridgehead atoms. The first-order valence-electron chi connectivity index (χ1n) is 6.47. The van der Waals surface area contributed by atoms with Crippen LogP contribution < -0.4 is 0 Å². The van der Waals surface area contributed by atoms with Gasteiger partial charge in [-0.25, -0.2) is 0 Å². The van der Waals surface area contributed by atoms with Crippen LogP contribution in [-0.2, 0) is 4.74 Å². The highest BCUT2D eigenvalue weighted by atomic mass is 127. The Morgan fingerprint density at radius 1 is 1.47 bits per heavy atom. The Morgan fingerprint density at radius 2 is 2.16 bits per heavy atom. The summed E-state index contributed by atoms with van der Waals surface area (Å²) in [5.41, 5.74) is 0.752. The van der Waals surface area contributed by atoms with Crippen molar-refractivity contribution in [2.45, 2.75) is 25.9 Å². The van der Waals surface area contributed by atoms with E-state index in [-0.39, 0.29) is 5.91 Å². The number of hydrogen-bond donors (Lipinski definition) is 0. The molecule has 0 spiro atoms. The van der Waals surface area contributed by atoms with Gasteiger partial charge in [-0.3, -0.25) is 4.79 Å². The van der Waals surface area contributed by atoms with Crippen LogP contribution in [0.3, 0.4) is 0 Å². The van der Waals surface area contributed by atoms with Crippen molar-refractivity contribution in [2.75, 3.05) is 19.7 Å². The minimum Gasteiger partial charge on any atom is -0.378 e. The van der Waals surface area contributed by atoms with Gasteiger partial charge < -0.3 is 9.64 Å². The fourth-order valence-electron chi connectivity index (χ4n) is 2.29. The number of halogens is 2. The zero-order valence-electron chi connectivity index (χ0n) is 10.9. The molecule has 1 aliphatic rings. The van der Waals surface area contributed by atoms with Crippen molar-refractivity contribution in [1.82, 2.24) is 4.90 Å². The van der Waals surface area contributed by atoms with Crippen LogP contribution >= 0.6 is 38.5 Å². The van der Waals surface area contributed by atoms with E-state index in [1.807, 2.05) is 30.0 Å². The molecule has 0 N–H and O–H groups in total. The molecule has 1 aliphatic heterocycles. The van der Waals surface area contributed by atoms with E-state index in [1.54, 1.807) is 0 Å². The summed E-state index contributed by atoms with van der Waals surface area (Å²) in [6, 6.07) is 5.85. The number of hydrogen-bond acceptors (Lipinski definition) is 2. The van der Waals surface area contributed by atoms with Crippen LogP contribution in [0.2, 0.25) is 0 Å². The summed E-state index contributed by atoms with van der Waals surface area (Å²) in [5, 5.41) is 0. The first kappa shape index (κ1) is 15.3. The van der Waals surface area contributed by atoms with Crippen LogP contribution in [0, 0.1) is 3.57 Å². The van der Waals surface area contributed by atoms with Crippen molar-refractivity contribution in [1.29, 1.82) is 0 Å². The second kappa shape index (κ2) is 7.04. The van der Waals surface area contributed by atoms with Crippen molar-refractivity contribution >= 4 is 44.4 Å². The molecular formula is C14H17BrINO2. The first-order valence-corrected chi connectivity index (χ1v) is 8.35. The van der Waals surface area contributed by atoms with Crippen LogP contribution in [0.1, 0.15) is 30.1 Å². The van der Waals surface area contributed by atoms with Crippen LogP contribution in [0.25, 0.3) is 0 Å². The maximum atomic E-state index is 12.5. The van der Waals surface area contributed by atoms with Crippen molar-refractivity contribution in [3.63, 3.8) is 0 Å². The Bertz CT molecular complexity index is 459. The fraction of sp³-hybridized carbons (Fsp3) is 0.500. The fourth-order valence-corrected chi connectivity index (χ4v) is 3.20. The summed E-state index contributed by atoms with van der Waals surface area (Å²) in [4.78, 5) is 14.4. The number of piperidine rings is 1. The van der Waals surface area contributed by atoms with Gasteiger partial charge in [-0.15, -0.1) is 0 Å². The molecule has 0 aromatic heterocycles. The molecule has 19 heavy (non-hydrogen) atoms. The van der Waals surface area contributed by atoms with Gasteiger partial charge in [0.2, 0.25) is 0 Å². The third-order valence-corrected chi connectivity index (χ3v) is 4.65. The van der Waals surface area contributed by atoms with E-state index in [9.17, 15) is 4.79 Å². The van der Waals surface area contributed by atoms with Gasteiger partial charge in [0.1, 0.15) is 0 Å². The van der Waals surface area contributed by atoms with Gasteiger partial charge in [-0.05, 0) is 76.5 Å². The minimum atomic E-state index is 0.111. The third-order valence-electron chi connectivity index (χ3n) is 3.29. The molecule has 1 aromatic rings. The maximum absolute atomic E-state index is 12.5. The molecule has 1 fully saturated rings. The van der Waals surface area contributed by atoms with Crippen molar-refractivity contribution in [3.8, 4) is 0 Å². The molecule has 1 saturated heterocycles. The predicted molar refractivity (Wildman–Crippen MR) is 87.4 cm³/mol. The Hall–Kier alpha value is -0.140. The summed E-state index contributed by atoms with van der Waals surface area (Å²) in [7, 11) is 0. The maximum Gasteiger partial charge on any atom is 0.255 e. The number of carbonyl (C=O) groups is 1. The lowest BCUT2D eigenvalue weighted by Crippen LogP contribution is -2.41. The topological polar surface area (TPSA) is 29.5 Å². The largest absolute Gasteiger partial charge is 0.378 e. The van der Waals surface area contributed by atoms with E-state index in [0.29, 0.717) is 6.10 Å². The summed E-state index contributed by atoms with van der Waals surface area (Å²) in [5.74, 6) is 0.111. The highest BCUT2D eigenvalue weighted by molar-refractivity contribution is 14.1. The monoisotopic (exact) mass is 437 g/mol. The van der Waals surface area contributed by atoms with E-state index in [4.69, 9.17) is 4.74 Å². The Kier molecular flexibility index (Phi) is 5.65. The molecular weight excluding hydrogens is 421 g/mol. The van der Waals surface area contributed by atoms with Gasteiger partial charge in [-0.1, -0.05) is 0 Å². The number of nitrogens with zero attached hydrogens (tertiary/aromatic N) is 1. The molecule has 0 unspecified atom stereocenters. The molecule has 0 atom stereocenters. The second-order valence-electron chi connectivity index (χ2n) is 4.57. The molecule has 2 rings (SSSR count). The van der Waals surface area contributed by atoms with Gasteiger partial charge in [0.15, 0.2) is 0 Å². The summed E-state index contributed by atoms with van der Waals surface area (Å²) >= 11 is 5.69. The zero-order chi connectivity index (χ0) is 13.8. The van der Waals surface area contributed by atoms with Gasteiger partial charge >= 0.3 is 0 Å². The lowest BCUT2D eigenvalue weighted by atomic mass is 10.1. The molecule has 0 aliphatic carbocycles. The van der Waals surface area contributed by atoms with Crippen molar-refractivity contribution < 1.29 is 9.53 Å². The number of benzene rings is 1. The first-order chi connectivity index (χ1) is 9.11. The predicted octanol–water partition coefficient (Wildman–Crippen LogP) is 3.69. The smallest absolute Gasteiger partial charge is 0.255 e. The van der Waals surface area contributed by atoms with E-state index < -0.39 is 0 Å². The third kappa shape index (κ3) is 3.92. The van der Waals surface area contributed by atoms with E-state index in [2.05, 4.69) is 38.5 Å². The van der Waals surface area contributed by atoms with Crippen LogP contribution in [0.5, 0.6) is 0 Å². The summed E-state index contributed by atoms with van der Waals surface area (Å²) in [6.07, 6.45) is 2.18. The van der Waals surface area contributed by atoms with Gasteiger partial charge in [0.25, 0.3) is 5.91 Å². The van der Waals surface area contributed by atoms with Crippen LogP contribution in [0.4, 0.5) is 0 Å². The average molecular weight is 438 g/mol. The Labute approximate surface area is 136 Å². The number of rotatable bonds is 3. The van der Waals surface area contributed by atoms with Crippen molar-refractivity contribution in [2.24, 2.45) is 0 Å². The van der Waals surface area contributed by atoms with E-state index >= 15 is 0 Å². The SMILES string of the molecule is CCOC1CCN(C(=O)c2cc(I)ccc2Br)CC1. The molecule has 1 aromatic carbocycles. The van der Waals surface area contributed by atoms with E-state index in [0.717, 1.165) is 46.1 Å². The summed E-state index contributed by atoms with van der Waals surface area (Å²) < 4.78 is 7.55. The molecule has 1 heterocycles. The lowest BCUT2D eigenvalue weighted by Gasteiger charge is -2.32. The molecule has 0 saturated carbocycles. The standard InChI is InChI=1S/C14H17BrINO2/c1-2-19-11-5-7-17(8-6-11)14(18)12-9-10(16)3-4-13(12)15/h3-4,9,11H,2,5-8H2,1H3. The van der Waals surface area contributed by atoms with E-state index in [1.165, 1.54) is 0 Å². The van der Waals surface area contributed by atoms with Crippen LogP contribution in [-0.4, -0.2) is 36.6 Å². The average Bonchev–Trinajstić information content (AvgIpc) is 2.42. The zero-order valence-corrected chi connectivity index (χ0v) is 14.6. The minimum absolute atomic E-state index is 0.111. The molecule has 1 amide bonds. The molecule has 104 valence electrons. The van der Waals surface area contributed by atoms with Crippen molar-refractivity contribution in [3.05, 3.63) is 31.8 Å². The quantitative estimate of drug-likeness (QED) is 0.675. The highest BCUT2D eigenvalue weighted by Gasteiger charge is 2.24. The number of amides is 1. The Morgan fingerprint density at radius 3 is 2.79 bits per heavy atom. The van der Waals surface area contributed by atoms with Gasteiger partial charge in [0.05, 0.1) is 11.7 Å². The van der Waals surface area contributed by atoms with Gasteiger partial charge in [0, 0.05) is 27.7 Å². The van der Waals surface area contributed by atoms with Crippen LogP contribution in [0.15, 0.2) is 22.7 Å². The Balaban J connectivity index is 2.03. The normalized spacial score (nSPS) is 16.7. The number of likely N-dealkylation sites (tertiary alicyclic amines) is 1. The lowest BCUT2D eigenvalue weighted by molar-refractivity contribution is 0.0146. The highest BCUT2D eigenvalue weighted by Crippen LogP contribution is 2.23. The number of carbonyl (C=O) groups excluding carboxylic acids is 1. The molecule has 5 heteroatoms. The second-order valence-corrected chi connectivity index (χ2v) is 6.67. The molecule has 0 radical (unpaired) electrons. The summed E-state index contributed by atoms with van der Waals surface area (Å²) in [6.45, 7) is 4.32. The molecule has 3 nitrogen and oxygen atoms in total. The number of ether oxygens (including phenoxy) is 1.